The summed E-state index contributed by atoms with van der Waals surface area (Å²) in [6.45, 7) is 0.571. The molecule has 0 bridgehead atoms. The molecule has 2 amide bonds. The second-order valence-corrected chi connectivity index (χ2v) is 5.33. The summed E-state index contributed by atoms with van der Waals surface area (Å²) in [5.74, 6) is -0.261. The lowest BCUT2D eigenvalue weighted by molar-refractivity contribution is -0.122. The summed E-state index contributed by atoms with van der Waals surface area (Å²) >= 11 is 0. The summed E-state index contributed by atoms with van der Waals surface area (Å²) in [6, 6.07) is 8.68. The molecule has 1 aliphatic rings. The Morgan fingerprint density at radius 2 is 1.96 bits per heavy atom. The highest BCUT2D eigenvalue weighted by Gasteiger charge is 2.34. The molecular weight excluding hydrogens is 318 g/mol. The van der Waals surface area contributed by atoms with Crippen molar-refractivity contribution in [3.8, 4) is 0 Å². The average molecular weight is 336 g/mol. The lowest BCUT2D eigenvalue weighted by Gasteiger charge is -2.34. The number of hydrogen-bond donors (Lipinski definition) is 2. The van der Waals surface area contributed by atoms with Crippen molar-refractivity contribution < 1.29 is 14.0 Å². The van der Waals surface area contributed by atoms with Crippen LogP contribution in [-0.2, 0) is 24.3 Å². The van der Waals surface area contributed by atoms with Crippen molar-refractivity contribution in [3.05, 3.63) is 59.0 Å². The van der Waals surface area contributed by atoms with E-state index in [2.05, 4.69) is 0 Å². The highest BCUT2D eigenvalue weighted by atomic mass is 35.5. The fraction of sp³-hybridized carbons (Fsp3) is 0.250. The second-order valence-electron chi connectivity index (χ2n) is 5.33. The van der Waals surface area contributed by atoms with Gasteiger partial charge < -0.3 is 20.8 Å². The Balaban J connectivity index is 0.00000192. The minimum atomic E-state index is -0.654. The van der Waals surface area contributed by atoms with Gasteiger partial charge in [-0.05, 0) is 17.2 Å². The van der Waals surface area contributed by atoms with Crippen LogP contribution in [0.4, 0.5) is 0 Å². The van der Waals surface area contributed by atoms with Crippen molar-refractivity contribution in [2.24, 2.45) is 11.5 Å². The maximum Gasteiger partial charge on any atom is 0.258 e. The summed E-state index contributed by atoms with van der Waals surface area (Å²) in [6.07, 6.45) is 1.79. The quantitative estimate of drug-likeness (QED) is 0.880. The fourth-order valence-corrected chi connectivity index (χ4v) is 2.76. The van der Waals surface area contributed by atoms with Crippen LogP contribution >= 0.6 is 12.4 Å². The Labute approximate surface area is 139 Å². The highest BCUT2D eigenvalue weighted by molar-refractivity contribution is 5.97. The van der Waals surface area contributed by atoms with Gasteiger partial charge in [-0.2, -0.15) is 0 Å². The summed E-state index contributed by atoms with van der Waals surface area (Å²) < 4.78 is 5.20. The molecule has 23 heavy (non-hydrogen) atoms. The second kappa shape index (κ2) is 6.85. The molecule has 122 valence electrons. The van der Waals surface area contributed by atoms with Gasteiger partial charge >= 0.3 is 0 Å². The van der Waals surface area contributed by atoms with Gasteiger partial charge in [-0.25, -0.2) is 0 Å². The van der Waals surface area contributed by atoms with E-state index in [9.17, 15) is 9.59 Å². The Morgan fingerprint density at radius 1 is 1.26 bits per heavy atom. The minimum absolute atomic E-state index is 0. The van der Waals surface area contributed by atoms with Crippen molar-refractivity contribution in [3.63, 3.8) is 0 Å². The molecule has 1 aliphatic heterocycles. The van der Waals surface area contributed by atoms with Crippen LogP contribution in [-0.4, -0.2) is 22.8 Å². The van der Waals surface area contributed by atoms with Crippen molar-refractivity contribution in [2.45, 2.75) is 25.6 Å². The Hall–Kier alpha value is -2.31. The van der Waals surface area contributed by atoms with Gasteiger partial charge in [0, 0.05) is 13.0 Å². The molecule has 0 fully saturated rings. The fourth-order valence-electron chi connectivity index (χ4n) is 2.76. The summed E-state index contributed by atoms with van der Waals surface area (Å²) in [5, 5.41) is 0. The first kappa shape index (κ1) is 17.1. The smallest absolute Gasteiger partial charge is 0.258 e. The number of carbonyl (C=O) groups excluding carboxylic acids is 2. The van der Waals surface area contributed by atoms with E-state index in [1.54, 1.807) is 6.07 Å². The number of hydrogen-bond acceptors (Lipinski definition) is 4. The van der Waals surface area contributed by atoms with Gasteiger partial charge in [-0.1, -0.05) is 24.3 Å². The number of nitrogens with two attached hydrogens (primary N) is 2. The summed E-state index contributed by atoms with van der Waals surface area (Å²) in [4.78, 5) is 25.9. The number of carbonyl (C=O) groups is 2. The first-order valence-electron chi connectivity index (χ1n) is 7.04. The molecule has 3 rings (SSSR count). The van der Waals surface area contributed by atoms with Gasteiger partial charge in [0.1, 0.15) is 18.1 Å². The van der Waals surface area contributed by atoms with E-state index in [0.717, 1.165) is 11.1 Å². The lowest BCUT2D eigenvalue weighted by atomic mass is 9.93. The van der Waals surface area contributed by atoms with Crippen molar-refractivity contribution in [1.29, 1.82) is 0 Å². The van der Waals surface area contributed by atoms with E-state index in [1.807, 2.05) is 24.3 Å². The van der Waals surface area contributed by atoms with Crippen LogP contribution in [0.3, 0.4) is 0 Å². The van der Waals surface area contributed by atoms with E-state index >= 15 is 0 Å². The third kappa shape index (κ3) is 3.23. The Bertz CT molecular complexity index is 729. The molecule has 7 heteroatoms. The van der Waals surface area contributed by atoms with Crippen LogP contribution in [0.2, 0.25) is 0 Å². The average Bonchev–Trinajstić information content (AvgIpc) is 3.02. The Kier molecular flexibility index (Phi) is 5.08. The van der Waals surface area contributed by atoms with E-state index in [4.69, 9.17) is 15.9 Å². The van der Waals surface area contributed by atoms with Crippen LogP contribution in [0.1, 0.15) is 27.2 Å². The topological polar surface area (TPSA) is 103 Å². The van der Waals surface area contributed by atoms with Crippen molar-refractivity contribution >= 4 is 24.2 Å². The van der Waals surface area contributed by atoms with Gasteiger partial charge in [0.2, 0.25) is 5.91 Å². The third-order valence-electron chi connectivity index (χ3n) is 3.94. The summed E-state index contributed by atoms with van der Waals surface area (Å²) in [7, 11) is 0. The molecule has 0 saturated carbocycles. The molecule has 0 aliphatic carbocycles. The number of primary amides is 1. The van der Waals surface area contributed by atoms with E-state index in [0.29, 0.717) is 24.3 Å². The van der Waals surface area contributed by atoms with Gasteiger partial charge in [0.15, 0.2) is 0 Å². The molecule has 1 atom stereocenters. The van der Waals surface area contributed by atoms with Crippen LogP contribution < -0.4 is 11.5 Å². The van der Waals surface area contributed by atoms with Gasteiger partial charge in [0.25, 0.3) is 5.91 Å². The molecule has 4 N–H and O–H groups in total. The van der Waals surface area contributed by atoms with Gasteiger partial charge in [-0.15, -0.1) is 12.4 Å². The lowest BCUT2D eigenvalue weighted by Crippen LogP contribution is -2.51. The number of rotatable bonds is 3. The number of amides is 2. The maximum atomic E-state index is 12.7. The maximum absolute atomic E-state index is 12.7. The number of benzene rings is 1. The number of nitrogens with zero attached hydrogens (tertiary/aromatic N) is 1. The van der Waals surface area contributed by atoms with Gasteiger partial charge in [0.05, 0.1) is 12.1 Å². The molecule has 0 saturated heterocycles. The molecular formula is C16H18ClN3O3. The highest BCUT2D eigenvalue weighted by Crippen LogP contribution is 2.25. The van der Waals surface area contributed by atoms with Crippen molar-refractivity contribution in [2.75, 3.05) is 0 Å². The molecule has 1 aromatic carbocycles. The zero-order chi connectivity index (χ0) is 15.7. The zero-order valence-electron chi connectivity index (χ0n) is 12.4. The molecule has 1 aromatic heterocycles. The van der Waals surface area contributed by atoms with Crippen LogP contribution in [0, 0.1) is 0 Å². The zero-order valence-corrected chi connectivity index (χ0v) is 13.2. The normalized spacial score (nSPS) is 16.4. The standard InChI is InChI=1S/C16H17N3O3.ClH/c17-7-13-5-12(9-22-13)16(21)19-8-11-4-2-1-3-10(11)6-14(19)15(18)20;/h1-5,9,14H,6-8,17H2,(H2,18,20);1H. The predicted octanol–water partition coefficient (Wildman–Crippen LogP) is 1.21. The molecule has 2 aromatic rings. The minimum Gasteiger partial charge on any atom is -0.467 e. The number of halogens is 1. The first-order valence-corrected chi connectivity index (χ1v) is 7.04. The molecule has 0 radical (unpaired) electrons. The molecule has 2 heterocycles. The SMILES string of the molecule is Cl.NCc1cc(C(=O)N2Cc3ccccc3CC2C(N)=O)co1. The van der Waals surface area contributed by atoms with Crippen LogP contribution in [0.25, 0.3) is 0 Å². The van der Waals surface area contributed by atoms with E-state index in [-0.39, 0.29) is 24.9 Å². The van der Waals surface area contributed by atoms with E-state index < -0.39 is 11.9 Å². The van der Waals surface area contributed by atoms with Crippen LogP contribution in [0.15, 0.2) is 41.0 Å². The number of furan rings is 1. The van der Waals surface area contributed by atoms with Crippen molar-refractivity contribution in [1.82, 2.24) is 4.90 Å². The third-order valence-corrected chi connectivity index (χ3v) is 3.94. The predicted molar refractivity (Wildman–Crippen MR) is 86.8 cm³/mol. The molecule has 1 unspecified atom stereocenters. The summed E-state index contributed by atoms with van der Waals surface area (Å²) in [5.41, 5.74) is 13.4. The molecule has 6 nitrogen and oxygen atoms in total. The van der Waals surface area contributed by atoms with Gasteiger partial charge in [-0.3, -0.25) is 9.59 Å². The number of fused-ring (bicyclic) bond motifs is 1. The van der Waals surface area contributed by atoms with Crippen LogP contribution in [0.5, 0.6) is 0 Å². The molecule has 0 spiro atoms. The first-order chi connectivity index (χ1) is 10.6. The van der Waals surface area contributed by atoms with E-state index in [1.165, 1.54) is 11.2 Å². The monoisotopic (exact) mass is 335 g/mol. The Morgan fingerprint density at radius 3 is 2.57 bits per heavy atom. The largest absolute Gasteiger partial charge is 0.467 e.